The zero-order valence-corrected chi connectivity index (χ0v) is 9.80. The molecule has 0 saturated heterocycles. The molecule has 0 aliphatic rings. The number of ether oxygens (including phenoxy) is 2. The largest absolute Gasteiger partial charge is 0.469 e. The molecule has 0 N–H and O–H groups in total. The fraction of sp³-hybridized carbons (Fsp3) is 0.750. The van der Waals surface area contributed by atoms with Gasteiger partial charge in [-0.25, -0.2) is 0 Å². The zero-order chi connectivity index (χ0) is 14.8. The van der Waals surface area contributed by atoms with Crippen LogP contribution in [-0.2, 0) is 9.47 Å². The van der Waals surface area contributed by atoms with E-state index in [1.165, 1.54) is 0 Å². The number of hydrogen-bond acceptors (Lipinski definition) is 2. The van der Waals surface area contributed by atoms with Crippen molar-refractivity contribution in [2.75, 3.05) is 13.0 Å². The molecule has 0 aromatic carbocycles. The lowest BCUT2D eigenvalue weighted by Crippen LogP contribution is -2.60. The Labute approximate surface area is 102 Å². The Hall–Kier alpha value is -0.700. The maximum Gasteiger partial charge on any atom is 0.469 e. The molecule has 0 aliphatic heterocycles. The molecule has 0 saturated carbocycles. The van der Waals surface area contributed by atoms with E-state index >= 15 is 0 Å². The number of methoxy groups -OCH3 is 1. The van der Waals surface area contributed by atoms with Crippen LogP contribution in [-0.4, -0.2) is 30.6 Å². The van der Waals surface area contributed by atoms with Gasteiger partial charge in [-0.15, -0.1) is 11.6 Å². The molecule has 2 nitrogen and oxygen atoms in total. The van der Waals surface area contributed by atoms with Crippen LogP contribution in [0.15, 0.2) is 12.1 Å². The second-order valence-corrected chi connectivity index (χ2v) is 3.56. The number of halogens is 8. The first kappa shape index (κ1) is 17.3. The Balaban J connectivity index is 5.38. The second-order valence-electron chi connectivity index (χ2n) is 3.30. The Bertz CT molecular complexity index is 323. The summed E-state index contributed by atoms with van der Waals surface area (Å²) < 4.78 is 94.7. The van der Waals surface area contributed by atoms with E-state index in [-0.39, 0.29) is 0 Å². The van der Waals surface area contributed by atoms with Gasteiger partial charge in [0.2, 0.25) is 0 Å². The van der Waals surface area contributed by atoms with Gasteiger partial charge < -0.3 is 9.47 Å². The normalized spacial score (nSPS) is 16.1. The summed E-state index contributed by atoms with van der Waals surface area (Å²) in [7, 11) is 0.647. The monoisotopic (exact) mass is 304 g/mol. The molecular weight excluding hydrogens is 297 g/mol. The first-order valence-corrected chi connectivity index (χ1v) is 4.75. The van der Waals surface area contributed by atoms with Crippen LogP contribution in [0.4, 0.5) is 30.7 Å². The first-order chi connectivity index (χ1) is 7.95. The smallest absolute Gasteiger partial charge is 0.398 e. The molecule has 0 radical (unpaired) electrons. The van der Waals surface area contributed by atoms with Gasteiger partial charge in [-0.05, 0) is 6.92 Å². The third kappa shape index (κ3) is 3.00. The first-order valence-electron chi connectivity index (χ1n) is 4.21. The van der Waals surface area contributed by atoms with Crippen molar-refractivity contribution in [2.45, 2.75) is 24.6 Å². The van der Waals surface area contributed by atoms with Crippen LogP contribution in [0, 0.1) is 0 Å². The Kier molecular flexibility index (Phi) is 5.30. The summed E-state index contributed by atoms with van der Waals surface area (Å²) in [6, 6.07) is -3.10. The van der Waals surface area contributed by atoms with Crippen molar-refractivity contribution in [1.29, 1.82) is 0 Å². The van der Waals surface area contributed by atoms with E-state index in [0.717, 1.165) is 0 Å². The lowest BCUT2D eigenvalue weighted by molar-refractivity contribution is -0.379. The molecule has 0 amide bonds. The number of hydrogen-bond donors (Lipinski definition) is 0. The van der Waals surface area contributed by atoms with Crippen LogP contribution in [0.3, 0.4) is 0 Å². The minimum atomic E-state index is -5.57. The third-order valence-electron chi connectivity index (χ3n) is 2.10. The Morgan fingerprint density at radius 1 is 1.11 bits per heavy atom. The van der Waals surface area contributed by atoms with E-state index in [9.17, 15) is 30.7 Å². The zero-order valence-electron chi connectivity index (χ0n) is 9.05. The maximum atomic E-state index is 13.4. The van der Waals surface area contributed by atoms with Gasteiger partial charge in [0.15, 0.2) is 5.60 Å². The highest BCUT2D eigenvalue weighted by Gasteiger charge is 2.70. The summed E-state index contributed by atoms with van der Waals surface area (Å²) in [6.07, 6.45) is -8.87. The fourth-order valence-corrected chi connectivity index (χ4v) is 1.07. The second kappa shape index (κ2) is 5.52. The van der Waals surface area contributed by atoms with Gasteiger partial charge in [-0.3, -0.25) is 0 Å². The van der Waals surface area contributed by atoms with Crippen molar-refractivity contribution < 1.29 is 40.2 Å². The number of alkyl halides is 5. The topological polar surface area (TPSA) is 18.5 Å². The summed E-state index contributed by atoms with van der Waals surface area (Å²) in [5, 5.41) is 0. The van der Waals surface area contributed by atoms with Crippen molar-refractivity contribution >= 4 is 11.6 Å². The molecule has 108 valence electrons. The minimum absolute atomic E-state index is 0.491. The molecule has 10 heteroatoms. The van der Waals surface area contributed by atoms with E-state index in [1.807, 2.05) is 0 Å². The quantitative estimate of drug-likeness (QED) is 0.421. The molecule has 0 heterocycles. The Morgan fingerprint density at radius 3 is 1.83 bits per heavy atom. The van der Waals surface area contributed by atoms with Gasteiger partial charge in [-0.1, -0.05) is 0 Å². The molecule has 1 atom stereocenters. The van der Waals surface area contributed by atoms with Crippen molar-refractivity contribution in [3.8, 4) is 0 Å². The van der Waals surface area contributed by atoms with Crippen molar-refractivity contribution in [1.82, 2.24) is 0 Å². The van der Waals surface area contributed by atoms with Crippen LogP contribution >= 0.6 is 11.6 Å². The lowest BCUT2D eigenvalue weighted by Gasteiger charge is -2.37. The average molecular weight is 305 g/mol. The molecule has 0 fully saturated rings. The van der Waals surface area contributed by atoms with Crippen molar-refractivity contribution in [2.24, 2.45) is 0 Å². The lowest BCUT2D eigenvalue weighted by atomic mass is 9.99. The van der Waals surface area contributed by atoms with E-state index < -0.39 is 35.6 Å². The highest BCUT2D eigenvalue weighted by atomic mass is 35.5. The van der Waals surface area contributed by atoms with Gasteiger partial charge in [0.1, 0.15) is 0 Å². The average Bonchev–Trinajstić information content (AvgIpc) is 2.26. The molecule has 0 aromatic rings. The van der Waals surface area contributed by atoms with E-state index in [1.54, 1.807) is 0 Å². The summed E-state index contributed by atoms with van der Waals surface area (Å²) in [5.41, 5.74) is -2.94. The SMILES string of the molecule is COC(C)(CCl)C(F)(F)C(F)(F)OC(F)=C(F)F. The van der Waals surface area contributed by atoms with Gasteiger partial charge >= 0.3 is 24.1 Å². The minimum Gasteiger partial charge on any atom is -0.398 e. The number of rotatable bonds is 6. The standard InChI is InChI=1S/C8H8ClF7O2/c1-6(3-9,17-2)7(13,14)8(15,16)18-5(12)4(10)11/h3H2,1-2H3. The summed E-state index contributed by atoms with van der Waals surface area (Å²) >= 11 is 5.05. The fourth-order valence-electron chi connectivity index (χ4n) is 0.790. The predicted octanol–water partition coefficient (Wildman–Crippen LogP) is 3.91. The van der Waals surface area contributed by atoms with Crippen LogP contribution < -0.4 is 0 Å². The van der Waals surface area contributed by atoms with Crippen LogP contribution in [0.25, 0.3) is 0 Å². The molecule has 0 rings (SSSR count). The van der Waals surface area contributed by atoms with Crippen LogP contribution in [0.1, 0.15) is 6.92 Å². The summed E-state index contributed by atoms with van der Waals surface area (Å²) in [5.74, 6) is -6.26. The van der Waals surface area contributed by atoms with Crippen molar-refractivity contribution in [3.05, 3.63) is 12.1 Å². The maximum absolute atomic E-state index is 13.4. The van der Waals surface area contributed by atoms with E-state index in [4.69, 9.17) is 11.6 Å². The van der Waals surface area contributed by atoms with Crippen LogP contribution in [0.5, 0.6) is 0 Å². The molecule has 0 bridgehead atoms. The molecule has 18 heavy (non-hydrogen) atoms. The van der Waals surface area contributed by atoms with E-state index in [0.29, 0.717) is 14.0 Å². The molecule has 1 unspecified atom stereocenters. The highest BCUT2D eigenvalue weighted by Crippen LogP contribution is 2.46. The molecule has 0 spiro atoms. The third-order valence-corrected chi connectivity index (χ3v) is 2.61. The molecular formula is C8H8ClF7O2. The summed E-state index contributed by atoms with van der Waals surface area (Å²) in [4.78, 5) is 0. The molecule has 0 aliphatic carbocycles. The Morgan fingerprint density at radius 2 is 1.56 bits per heavy atom. The van der Waals surface area contributed by atoms with Crippen LogP contribution in [0.2, 0.25) is 0 Å². The van der Waals surface area contributed by atoms with Gasteiger partial charge in [0, 0.05) is 7.11 Å². The summed E-state index contributed by atoms with van der Waals surface area (Å²) in [6.45, 7) is 0.491. The highest BCUT2D eigenvalue weighted by molar-refractivity contribution is 6.18. The van der Waals surface area contributed by atoms with Gasteiger partial charge in [0.05, 0.1) is 5.88 Å². The van der Waals surface area contributed by atoms with Crippen molar-refractivity contribution in [3.63, 3.8) is 0 Å². The predicted molar refractivity (Wildman–Crippen MR) is 47.5 cm³/mol. The van der Waals surface area contributed by atoms with E-state index in [2.05, 4.69) is 9.47 Å². The molecule has 0 aromatic heterocycles. The van der Waals surface area contributed by atoms with Gasteiger partial charge in [0.25, 0.3) is 0 Å². The van der Waals surface area contributed by atoms with Gasteiger partial charge in [-0.2, -0.15) is 30.7 Å².